The molecule has 2 heterocycles. The minimum Gasteiger partial charge on any atom is -0.308 e. The lowest BCUT2D eigenvalue weighted by atomic mass is 9.85. The molecule has 0 saturated heterocycles. The first-order valence-electron chi connectivity index (χ1n) is 18.7. The molecule has 1 unspecified atom stereocenters. The minimum absolute atomic E-state index is 0.818. The standard InChI is InChI=1S/C51H33N2OP/c54-55(39-22-11-4-12-23-39)46-27-15-26-44-50(46)53(51(52-44)36-20-9-3-10-21-36)45-31-29-38(33-47(45)55)37-28-30-42-43(32-37)49(35-18-7-2-8-19-35)41-25-14-13-24-40(41)48(42)34-16-5-1-6-17-34/h1-33H. The van der Waals surface area contributed by atoms with E-state index in [2.05, 4.69) is 138 Å². The van der Waals surface area contributed by atoms with Gasteiger partial charge in [0.15, 0.2) is 7.14 Å². The van der Waals surface area contributed by atoms with Gasteiger partial charge >= 0.3 is 0 Å². The molecule has 10 aromatic rings. The Bertz CT molecular complexity index is 3150. The van der Waals surface area contributed by atoms with Crippen LogP contribution in [0.15, 0.2) is 200 Å². The van der Waals surface area contributed by atoms with Crippen molar-refractivity contribution in [3.05, 3.63) is 200 Å². The molecular formula is C51H33N2OP. The molecule has 0 aliphatic carbocycles. The van der Waals surface area contributed by atoms with Crippen molar-refractivity contribution >= 4 is 55.6 Å². The molecule has 3 nitrogen and oxygen atoms in total. The van der Waals surface area contributed by atoms with E-state index < -0.39 is 7.14 Å². The summed E-state index contributed by atoms with van der Waals surface area (Å²) in [6, 6.07) is 69.9. The van der Waals surface area contributed by atoms with Gasteiger partial charge in [-0.05, 0) is 85.3 Å². The second-order valence-electron chi connectivity index (χ2n) is 14.2. The third kappa shape index (κ3) is 4.77. The molecular weight excluding hydrogens is 688 g/mol. The zero-order chi connectivity index (χ0) is 36.5. The van der Waals surface area contributed by atoms with Crippen molar-refractivity contribution in [3.8, 4) is 50.5 Å². The lowest BCUT2D eigenvalue weighted by Gasteiger charge is -2.29. The summed E-state index contributed by atoms with van der Waals surface area (Å²) in [5, 5.41) is 7.27. The molecule has 4 heteroatoms. The van der Waals surface area contributed by atoms with Crippen LogP contribution in [-0.2, 0) is 4.57 Å². The number of hydrogen-bond acceptors (Lipinski definition) is 2. The Morgan fingerprint density at radius 3 is 1.58 bits per heavy atom. The predicted octanol–water partition coefficient (Wildman–Crippen LogP) is 12.0. The fourth-order valence-electron chi connectivity index (χ4n) is 8.76. The number of imidazole rings is 1. The highest BCUT2D eigenvalue weighted by molar-refractivity contribution is 7.86. The topological polar surface area (TPSA) is 34.9 Å². The lowest BCUT2D eigenvalue weighted by Crippen LogP contribution is -2.33. The maximum absolute atomic E-state index is 16.2. The summed E-state index contributed by atoms with van der Waals surface area (Å²) in [4.78, 5) is 5.17. The second kappa shape index (κ2) is 12.4. The van der Waals surface area contributed by atoms with E-state index in [9.17, 15) is 0 Å². The van der Waals surface area contributed by atoms with Crippen LogP contribution in [0.3, 0.4) is 0 Å². The van der Waals surface area contributed by atoms with E-state index in [0.717, 1.165) is 55.1 Å². The van der Waals surface area contributed by atoms with Crippen LogP contribution in [0.25, 0.3) is 83.0 Å². The van der Waals surface area contributed by atoms with Crippen LogP contribution in [0.1, 0.15) is 0 Å². The van der Waals surface area contributed by atoms with Gasteiger partial charge in [0, 0.05) is 21.5 Å². The highest BCUT2D eigenvalue weighted by Crippen LogP contribution is 2.51. The molecule has 0 saturated carbocycles. The van der Waals surface area contributed by atoms with E-state index in [0.29, 0.717) is 0 Å². The molecule has 0 spiro atoms. The average Bonchev–Trinajstić information content (AvgIpc) is 3.66. The summed E-state index contributed by atoms with van der Waals surface area (Å²) in [5.74, 6) is 0.842. The largest absolute Gasteiger partial charge is 0.308 e. The molecule has 258 valence electrons. The number of nitrogens with zero attached hydrogens (tertiary/aromatic N) is 2. The monoisotopic (exact) mass is 720 g/mol. The van der Waals surface area contributed by atoms with E-state index >= 15 is 4.57 Å². The van der Waals surface area contributed by atoms with Gasteiger partial charge < -0.3 is 4.57 Å². The van der Waals surface area contributed by atoms with Crippen LogP contribution < -0.4 is 15.9 Å². The van der Waals surface area contributed by atoms with E-state index in [-0.39, 0.29) is 0 Å². The number of para-hydroxylation sites is 1. The number of benzene rings is 9. The van der Waals surface area contributed by atoms with Gasteiger partial charge in [0.05, 0.1) is 16.7 Å². The van der Waals surface area contributed by atoms with Gasteiger partial charge in [-0.3, -0.25) is 4.57 Å². The van der Waals surface area contributed by atoms with E-state index in [1.54, 1.807) is 0 Å². The Labute approximate surface area is 319 Å². The minimum atomic E-state index is -3.34. The van der Waals surface area contributed by atoms with Gasteiger partial charge in [-0.15, -0.1) is 0 Å². The zero-order valence-corrected chi connectivity index (χ0v) is 30.7. The quantitative estimate of drug-likeness (QED) is 0.131. The molecule has 0 amide bonds. The number of aromatic nitrogens is 2. The maximum Gasteiger partial charge on any atom is 0.175 e. The zero-order valence-electron chi connectivity index (χ0n) is 29.8. The third-order valence-electron chi connectivity index (χ3n) is 11.2. The Kier molecular flexibility index (Phi) is 7.14. The molecule has 0 radical (unpaired) electrons. The Balaban J connectivity index is 1.21. The smallest absolute Gasteiger partial charge is 0.175 e. The first-order valence-corrected chi connectivity index (χ1v) is 20.4. The van der Waals surface area contributed by atoms with Crippen molar-refractivity contribution in [1.29, 1.82) is 0 Å². The molecule has 0 bridgehead atoms. The number of fused-ring (bicyclic) bond motifs is 4. The Hall–Kier alpha value is -6.80. The fourth-order valence-corrected chi connectivity index (χ4v) is 11.8. The lowest BCUT2D eigenvalue weighted by molar-refractivity contribution is 0.592. The van der Waals surface area contributed by atoms with Crippen LogP contribution >= 0.6 is 7.14 Å². The molecule has 11 rings (SSSR count). The number of hydrogen-bond donors (Lipinski definition) is 0. The summed E-state index contributed by atoms with van der Waals surface area (Å²) in [6.45, 7) is 0. The molecule has 1 atom stereocenters. The first-order chi connectivity index (χ1) is 27.2. The van der Waals surface area contributed by atoms with Gasteiger partial charge in [-0.2, -0.15) is 0 Å². The van der Waals surface area contributed by atoms with Gasteiger partial charge in [0.25, 0.3) is 0 Å². The van der Waals surface area contributed by atoms with E-state index in [4.69, 9.17) is 4.98 Å². The van der Waals surface area contributed by atoms with Crippen molar-refractivity contribution in [3.63, 3.8) is 0 Å². The molecule has 1 aliphatic heterocycles. The molecule has 9 aromatic carbocycles. The summed E-state index contributed by atoms with van der Waals surface area (Å²) in [6.07, 6.45) is 0. The fraction of sp³-hybridized carbons (Fsp3) is 0. The first kappa shape index (κ1) is 31.7. The maximum atomic E-state index is 16.2. The molecule has 1 aromatic heterocycles. The van der Waals surface area contributed by atoms with Crippen LogP contribution in [0.4, 0.5) is 0 Å². The second-order valence-corrected chi connectivity index (χ2v) is 16.9. The summed E-state index contributed by atoms with van der Waals surface area (Å²) in [5.41, 5.74) is 10.6. The Morgan fingerprint density at radius 1 is 0.400 bits per heavy atom. The highest BCUT2D eigenvalue weighted by Gasteiger charge is 2.40. The van der Waals surface area contributed by atoms with Gasteiger partial charge in [0.1, 0.15) is 5.82 Å². The van der Waals surface area contributed by atoms with Crippen molar-refractivity contribution in [2.24, 2.45) is 0 Å². The van der Waals surface area contributed by atoms with Gasteiger partial charge in [-0.1, -0.05) is 170 Å². The average molecular weight is 721 g/mol. The molecule has 0 fully saturated rings. The SMILES string of the molecule is O=P1(c2ccccc2)c2cc(-c3ccc4c(-c5ccccc5)c5ccccc5c(-c5ccccc5)c4c3)ccc2-n2c(-c3ccccc3)nc3cccc1c32. The van der Waals surface area contributed by atoms with Crippen molar-refractivity contribution in [1.82, 2.24) is 9.55 Å². The number of rotatable bonds is 5. The van der Waals surface area contributed by atoms with E-state index in [1.807, 2.05) is 66.7 Å². The van der Waals surface area contributed by atoms with Crippen molar-refractivity contribution in [2.45, 2.75) is 0 Å². The van der Waals surface area contributed by atoms with E-state index in [1.165, 1.54) is 43.8 Å². The third-order valence-corrected chi connectivity index (χ3v) is 14.3. The summed E-state index contributed by atoms with van der Waals surface area (Å²) in [7, 11) is -3.34. The molecule has 0 N–H and O–H groups in total. The summed E-state index contributed by atoms with van der Waals surface area (Å²) >= 11 is 0. The van der Waals surface area contributed by atoms with Gasteiger partial charge in [0.2, 0.25) is 0 Å². The van der Waals surface area contributed by atoms with Crippen LogP contribution in [-0.4, -0.2) is 9.55 Å². The summed E-state index contributed by atoms with van der Waals surface area (Å²) < 4.78 is 18.4. The predicted molar refractivity (Wildman–Crippen MR) is 231 cm³/mol. The van der Waals surface area contributed by atoms with Crippen LogP contribution in [0.2, 0.25) is 0 Å². The molecule has 1 aliphatic rings. The van der Waals surface area contributed by atoms with Crippen LogP contribution in [0.5, 0.6) is 0 Å². The van der Waals surface area contributed by atoms with Crippen LogP contribution in [0, 0.1) is 0 Å². The normalized spacial score (nSPS) is 14.7. The van der Waals surface area contributed by atoms with Crippen molar-refractivity contribution < 1.29 is 4.57 Å². The Morgan fingerprint density at radius 2 is 0.927 bits per heavy atom. The molecule has 55 heavy (non-hydrogen) atoms. The highest BCUT2D eigenvalue weighted by atomic mass is 31.2. The van der Waals surface area contributed by atoms with Gasteiger partial charge in [-0.25, -0.2) is 4.98 Å². The van der Waals surface area contributed by atoms with Crippen molar-refractivity contribution in [2.75, 3.05) is 0 Å².